The van der Waals surface area contributed by atoms with Gasteiger partial charge in [0.05, 0.1) is 39.0 Å². The summed E-state index contributed by atoms with van der Waals surface area (Å²) < 4.78 is 7.54. The van der Waals surface area contributed by atoms with Crippen molar-refractivity contribution < 1.29 is 9.53 Å². The van der Waals surface area contributed by atoms with Crippen LogP contribution in [-0.2, 0) is 4.74 Å². The van der Waals surface area contributed by atoms with Gasteiger partial charge >= 0.3 is 5.97 Å². The molecule has 0 saturated carbocycles. The van der Waals surface area contributed by atoms with Gasteiger partial charge in [-0.15, -0.1) is 0 Å². The minimum atomic E-state index is -0.478. The fourth-order valence-corrected chi connectivity index (χ4v) is 3.74. The predicted molar refractivity (Wildman–Crippen MR) is 101 cm³/mol. The van der Waals surface area contributed by atoms with Gasteiger partial charge in [0.15, 0.2) is 5.13 Å². The van der Waals surface area contributed by atoms with Crippen molar-refractivity contribution in [3.05, 3.63) is 64.2 Å². The van der Waals surface area contributed by atoms with Crippen LogP contribution in [0.25, 0.3) is 26.3 Å². The SMILES string of the molecule is CCOC(=O)c1cc2c(=O)n(-c3nc4ccccc4s3)ccc2nc1C. The van der Waals surface area contributed by atoms with Crippen molar-refractivity contribution in [1.29, 1.82) is 0 Å². The van der Waals surface area contributed by atoms with Gasteiger partial charge in [-0.05, 0) is 38.1 Å². The van der Waals surface area contributed by atoms with Crippen molar-refractivity contribution in [1.82, 2.24) is 14.5 Å². The van der Waals surface area contributed by atoms with Crippen LogP contribution >= 0.6 is 11.3 Å². The highest BCUT2D eigenvalue weighted by molar-refractivity contribution is 7.20. The van der Waals surface area contributed by atoms with E-state index in [-0.39, 0.29) is 12.2 Å². The summed E-state index contributed by atoms with van der Waals surface area (Å²) in [6.07, 6.45) is 1.67. The van der Waals surface area contributed by atoms with Crippen LogP contribution in [0.5, 0.6) is 0 Å². The fourth-order valence-electron chi connectivity index (χ4n) is 2.79. The molecule has 0 aliphatic carbocycles. The van der Waals surface area contributed by atoms with E-state index in [9.17, 15) is 9.59 Å². The first-order valence-corrected chi connectivity index (χ1v) is 8.96. The molecule has 0 fully saturated rings. The molecule has 0 aliphatic rings. The van der Waals surface area contributed by atoms with Gasteiger partial charge < -0.3 is 4.74 Å². The Bertz CT molecular complexity index is 1180. The van der Waals surface area contributed by atoms with Crippen molar-refractivity contribution in [2.75, 3.05) is 6.61 Å². The molecule has 7 heteroatoms. The van der Waals surface area contributed by atoms with Crippen LogP contribution in [-0.4, -0.2) is 27.1 Å². The van der Waals surface area contributed by atoms with E-state index in [4.69, 9.17) is 4.74 Å². The summed E-state index contributed by atoms with van der Waals surface area (Å²) in [6, 6.07) is 11.0. The molecule has 0 atom stereocenters. The number of ether oxygens (including phenoxy) is 1. The molecule has 3 heterocycles. The average molecular weight is 365 g/mol. The van der Waals surface area contributed by atoms with Crippen molar-refractivity contribution in [3.63, 3.8) is 0 Å². The molecule has 3 aromatic heterocycles. The topological polar surface area (TPSA) is 74.1 Å². The Morgan fingerprint density at radius 2 is 2.00 bits per heavy atom. The monoisotopic (exact) mass is 365 g/mol. The third-order valence-corrected chi connectivity index (χ3v) is 5.09. The van der Waals surface area contributed by atoms with E-state index in [0.29, 0.717) is 27.3 Å². The van der Waals surface area contributed by atoms with E-state index in [1.54, 1.807) is 32.2 Å². The number of rotatable bonds is 3. The van der Waals surface area contributed by atoms with E-state index in [2.05, 4.69) is 9.97 Å². The van der Waals surface area contributed by atoms with E-state index in [1.165, 1.54) is 15.9 Å². The highest BCUT2D eigenvalue weighted by Gasteiger charge is 2.16. The number of hydrogen-bond acceptors (Lipinski definition) is 6. The summed E-state index contributed by atoms with van der Waals surface area (Å²) in [4.78, 5) is 34.0. The van der Waals surface area contributed by atoms with Crippen molar-refractivity contribution >= 4 is 38.4 Å². The standard InChI is InChI=1S/C19H15N3O3S/c1-3-25-18(24)12-10-13-14(20-11(12)2)8-9-22(17(13)23)19-21-15-6-4-5-7-16(15)26-19/h4-10H,3H2,1-2H3. The highest BCUT2D eigenvalue weighted by atomic mass is 32.1. The Balaban J connectivity index is 1.92. The molecule has 4 aromatic rings. The lowest BCUT2D eigenvalue weighted by Gasteiger charge is -2.08. The van der Waals surface area contributed by atoms with Gasteiger partial charge in [-0.25, -0.2) is 9.78 Å². The van der Waals surface area contributed by atoms with E-state index in [1.807, 2.05) is 24.3 Å². The number of pyridine rings is 2. The molecule has 0 N–H and O–H groups in total. The Kier molecular flexibility index (Phi) is 4.00. The Morgan fingerprint density at radius 1 is 1.19 bits per heavy atom. The number of aromatic nitrogens is 3. The Morgan fingerprint density at radius 3 is 2.77 bits per heavy atom. The maximum Gasteiger partial charge on any atom is 0.339 e. The molecule has 0 saturated heterocycles. The Hall–Kier alpha value is -3.06. The zero-order valence-corrected chi connectivity index (χ0v) is 15.0. The molecular formula is C19H15N3O3S. The molecular weight excluding hydrogens is 350 g/mol. The first-order chi connectivity index (χ1) is 12.6. The normalized spacial score (nSPS) is 11.2. The molecule has 0 spiro atoms. The van der Waals surface area contributed by atoms with Crippen molar-refractivity contribution in [3.8, 4) is 5.13 Å². The molecule has 1 aromatic carbocycles. The van der Waals surface area contributed by atoms with Gasteiger partial charge in [0.25, 0.3) is 5.56 Å². The number of benzene rings is 1. The highest BCUT2D eigenvalue weighted by Crippen LogP contribution is 2.24. The molecule has 0 amide bonds. The van der Waals surface area contributed by atoms with E-state index >= 15 is 0 Å². The number of carbonyl (C=O) groups is 1. The minimum Gasteiger partial charge on any atom is -0.462 e. The summed E-state index contributed by atoms with van der Waals surface area (Å²) in [7, 11) is 0. The zero-order valence-electron chi connectivity index (χ0n) is 14.2. The molecule has 6 nitrogen and oxygen atoms in total. The third-order valence-electron chi connectivity index (χ3n) is 4.06. The average Bonchev–Trinajstić information content (AvgIpc) is 3.05. The number of nitrogens with zero attached hydrogens (tertiary/aromatic N) is 3. The largest absolute Gasteiger partial charge is 0.462 e. The van der Waals surface area contributed by atoms with Gasteiger partial charge in [-0.2, -0.15) is 0 Å². The van der Waals surface area contributed by atoms with Crippen LogP contribution in [0.15, 0.2) is 47.4 Å². The smallest absolute Gasteiger partial charge is 0.339 e. The number of hydrogen-bond donors (Lipinski definition) is 0. The summed E-state index contributed by atoms with van der Waals surface area (Å²) in [6.45, 7) is 3.73. The summed E-state index contributed by atoms with van der Waals surface area (Å²) in [5.41, 5.74) is 1.96. The second kappa shape index (κ2) is 6.34. The quantitative estimate of drug-likeness (QED) is 0.520. The van der Waals surface area contributed by atoms with Crippen LogP contribution in [0, 0.1) is 6.92 Å². The number of esters is 1. The van der Waals surface area contributed by atoms with Crippen LogP contribution in [0.4, 0.5) is 0 Å². The molecule has 0 unspecified atom stereocenters. The molecule has 26 heavy (non-hydrogen) atoms. The van der Waals surface area contributed by atoms with Gasteiger partial charge in [0, 0.05) is 6.20 Å². The molecule has 0 bridgehead atoms. The zero-order chi connectivity index (χ0) is 18.3. The lowest BCUT2D eigenvalue weighted by molar-refractivity contribution is 0.0525. The molecule has 130 valence electrons. The van der Waals surface area contributed by atoms with Gasteiger partial charge in [-0.1, -0.05) is 23.5 Å². The van der Waals surface area contributed by atoms with E-state index < -0.39 is 5.97 Å². The molecule has 0 aliphatic heterocycles. The minimum absolute atomic E-state index is 0.264. The lowest BCUT2D eigenvalue weighted by Crippen LogP contribution is -2.19. The van der Waals surface area contributed by atoms with Crippen LogP contribution < -0.4 is 5.56 Å². The number of carbonyl (C=O) groups excluding carboxylic acids is 1. The molecule has 4 rings (SSSR count). The second-order valence-corrected chi connectivity index (χ2v) is 6.74. The first-order valence-electron chi connectivity index (χ1n) is 8.14. The van der Waals surface area contributed by atoms with E-state index in [0.717, 1.165) is 10.2 Å². The predicted octanol–water partition coefficient (Wildman–Crippen LogP) is 3.48. The van der Waals surface area contributed by atoms with Gasteiger partial charge in [-0.3, -0.25) is 14.3 Å². The Labute approximate surface area is 152 Å². The maximum atomic E-state index is 13.0. The number of thiazole rings is 1. The second-order valence-electron chi connectivity index (χ2n) is 5.73. The lowest BCUT2D eigenvalue weighted by atomic mass is 10.1. The molecule has 0 radical (unpaired) electrons. The van der Waals surface area contributed by atoms with Crippen molar-refractivity contribution in [2.24, 2.45) is 0 Å². The summed E-state index contributed by atoms with van der Waals surface area (Å²) >= 11 is 1.43. The van der Waals surface area contributed by atoms with Crippen molar-refractivity contribution in [2.45, 2.75) is 13.8 Å². The van der Waals surface area contributed by atoms with Gasteiger partial charge in [0.2, 0.25) is 0 Å². The van der Waals surface area contributed by atoms with Crippen LogP contribution in [0.3, 0.4) is 0 Å². The number of para-hydroxylation sites is 1. The first kappa shape index (κ1) is 16.4. The fraction of sp³-hybridized carbons (Fsp3) is 0.158. The summed E-state index contributed by atoms with van der Waals surface area (Å²) in [5.74, 6) is -0.478. The number of fused-ring (bicyclic) bond motifs is 2. The van der Waals surface area contributed by atoms with Crippen LogP contribution in [0.1, 0.15) is 23.0 Å². The van der Waals surface area contributed by atoms with Gasteiger partial charge in [0.1, 0.15) is 0 Å². The third kappa shape index (κ3) is 2.66. The maximum absolute atomic E-state index is 13.0. The number of aryl methyl sites for hydroxylation is 1. The van der Waals surface area contributed by atoms with Crippen LogP contribution in [0.2, 0.25) is 0 Å². The summed E-state index contributed by atoms with van der Waals surface area (Å²) in [5, 5.41) is 0.941.